The van der Waals surface area contributed by atoms with Crippen LogP contribution in [-0.2, 0) is 9.59 Å². The highest BCUT2D eigenvalue weighted by Crippen LogP contribution is 2.35. The molecule has 1 N–H and O–H groups in total. The van der Waals surface area contributed by atoms with Crippen LogP contribution in [0.25, 0.3) is 21.9 Å². The van der Waals surface area contributed by atoms with E-state index in [1.165, 1.54) is 4.52 Å². The Balaban J connectivity index is 1.54. The molecule has 9 nitrogen and oxygen atoms in total. The summed E-state index contributed by atoms with van der Waals surface area (Å²) < 4.78 is 7.05. The van der Waals surface area contributed by atoms with Gasteiger partial charge < -0.3 is 9.84 Å². The zero-order valence-electron chi connectivity index (χ0n) is 18.2. The summed E-state index contributed by atoms with van der Waals surface area (Å²) in [6.45, 7) is 2.27. The summed E-state index contributed by atoms with van der Waals surface area (Å²) in [5.41, 5.74) is 1.43. The largest absolute Gasteiger partial charge is 0.494 e. The molecule has 0 aliphatic carbocycles. The molecule has 2 aromatic carbocycles. The molecule has 0 unspecified atom stereocenters. The van der Waals surface area contributed by atoms with Crippen molar-refractivity contribution in [2.75, 3.05) is 18.1 Å². The molecule has 172 valence electrons. The van der Waals surface area contributed by atoms with Gasteiger partial charge in [0.2, 0.25) is 4.96 Å². The van der Waals surface area contributed by atoms with Gasteiger partial charge in [0, 0.05) is 11.1 Å². The van der Waals surface area contributed by atoms with Gasteiger partial charge in [-0.1, -0.05) is 42.9 Å². The summed E-state index contributed by atoms with van der Waals surface area (Å²) in [6, 6.07) is 14.2. The number of hydrogen-bond acceptors (Lipinski definition) is 7. The van der Waals surface area contributed by atoms with Gasteiger partial charge in [0.25, 0.3) is 11.5 Å². The van der Waals surface area contributed by atoms with E-state index in [1.54, 1.807) is 24.3 Å². The number of carboxylic acids is 1. The van der Waals surface area contributed by atoms with Crippen molar-refractivity contribution in [2.45, 2.75) is 19.8 Å². The van der Waals surface area contributed by atoms with Crippen molar-refractivity contribution >= 4 is 39.4 Å². The second kappa shape index (κ2) is 8.71. The molecule has 0 spiro atoms. The van der Waals surface area contributed by atoms with E-state index in [0.29, 0.717) is 28.6 Å². The fourth-order valence-electron chi connectivity index (χ4n) is 3.83. The normalized spacial score (nSPS) is 14.6. The number of carbonyl (C=O) groups excluding carboxylic acids is 1. The number of benzene rings is 2. The van der Waals surface area contributed by atoms with Crippen molar-refractivity contribution in [3.05, 3.63) is 69.0 Å². The molecular weight excluding hydrogens is 456 g/mol. The molecule has 0 radical (unpaired) electrons. The highest BCUT2D eigenvalue weighted by Gasteiger charge is 2.35. The van der Waals surface area contributed by atoms with E-state index in [4.69, 9.17) is 4.74 Å². The second-order valence-electron chi connectivity index (χ2n) is 7.77. The van der Waals surface area contributed by atoms with Crippen molar-refractivity contribution < 1.29 is 19.4 Å². The first-order valence-electron chi connectivity index (χ1n) is 10.8. The van der Waals surface area contributed by atoms with Gasteiger partial charge in [-0.15, -0.1) is 5.10 Å². The number of aromatic nitrogens is 3. The van der Waals surface area contributed by atoms with E-state index >= 15 is 0 Å². The predicted octanol–water partition coefficient (Wildman–Crippen LogP) is 2.35. The molecule has 1 aliphatic heterocycles. The Kier molecular flexibility index (Phi) is 5.58. The maximum absolute atomic E-state index is 13.2. The van der Waals surface area contributed by atoms with Crippen LogP contribution in [0.2, 0.25) is 0 Å². The van der Waals surface area contributed by atoms with E-state index in [9.17, 15) is 19.5 Å². The Labute approximate surface area is 197 Å². The van der Waals surface area contributed by atoms with Crippen LogP contribution in [0.1, 0.15) is 25.3 Å². The summed E-state index contributed by atoms with van der Waals surface area (Å²) >= 11 is 1.06. The van der Waals surface area contributed by atoms with Crippen LogP contribution in [0.15, 0.2) is 53.3 Å². The third-order valence-electron chi connectivity index (χ3n) is 5.48. The van der Waals surface area contributed by atoms with Crippen LogP contribution >= 0.6 is 11.3 Å². The minimum Gasteiger partial charge on any atom is -0.494 e. The summed E-state index contributed by atoms with van der Waals surface area (Å²) in [5, 5.41) is 13.6. The van der Waals surface area contributed by atoms with E-state index < -0.39 is 24.0 Å². The Hall–Kier alpha value is -4.05. The molecule has 34 heavy (non-hydrogen) atoms. The lowest BCUT2D eigenvalue weighted by atomic mass is 10.1. The number of anilines is 1. The van der Waals surface area contributed by atoms with Gasteiger partial charge in [-0.3, -0.25) is 19.3 Å². The number of nitrogens with zero attached hydrogens (tertiary/aromatic N) is 4. The molecule has 10 heteroatoms. The topological polar surface area (TPSA) is 114 Å². The van der Waals surface area contributed by atoms with Crippen LogP contribution in [0.3, 0.4) is 0 Å². The number of unbranched alkanes of at least 4 members (excludes halogenated alkanes) is 1. The maximum Gasteiger partial charge on any atom is 0.323 e. The highest BCUT2D eigenvalue weighted by molar-refractivity contribution is 7.15. The lowest BCUT2D eigenvalue weighted by Gasteiger charge is -2.13. The molecule has 0 bridgehead atoms. The molecule has 0 saturated heterocycles. The molecule has 4 aromatic rings. The quantitative estimate of drug-likeness (QED) is 0.407. The van der Waals surface area contributed by atoms with Crippen molar-refractivity contribution in [3.63, 3.8) is 0 Å². The summed E-state index contributed by atoms with van der Waals surface area (Å²) in [4.78, 5) is 43.6. The van der Waals surface area contributed by atoms with Gasteiger partial charge in [0.15, 0.2) is 5.82 Å². The zero-order valence-corrected chi connectivity index (χ0v) is 19.0. The average Bonchev–Trinajstić information content (AvgIpc) is 3.46. The van der Waals surface area contributed by atoms with E-state index in [-0.39, 0.29) is 10.1 Å². The van der Waals surface area contributed by atoms with E-state index in [2.05, 4.69) is 17.0 Å². The van der Waals surface area contributed by atoms with Gasteiger partial charge in [0.05, 0.1) is 17.9 Å². The Morgan fingerprint density at radius 3 is 2.59 bits per heavy atom. The van der Waals surface area contributed by atoms with Crippen LogP contribution in [-0.4, -0.2) is 44.7 Å². The molecule has 1 amide bonds. The zero-order chi connectivity index (χ0) is 23.8. The number of aliphatic carboxylic acids is 1. The number of fused-ring (bicyclic) bond motifs is 2. The third-order valence-corrected chi connectivity index (χ3v) is 6.51. The number of para-hydroxylation sites is 1. The molecule has 0 saturated carbocycles. The fraction of sp³-hybridized carbons (Fsp3) is 0.208. The lowest BCUT2D eigenvalue weighted by Crippen LogP contribution is -2.35. The summed E-state index contributed by atoms with van der Waals surface area (Å²) in [6.07, 6.45) is 2.04. The van der Waals surface area contributed by atoms with Crippen LogP contribution in [0.4, 0.5) is 5.69 Å². The van der Waals surface area contributed by atoms with E-state index in [0.717, 1.165) is 40.4 Å². The number of carbonyl (C=O) groups is 2. The molecule has 1 aliphatic rings. The molecule has 2 aromatic heterocycles. The maximum atomic E-state index is 13.2. The number of thiazole rings is 1. The summed E-state index contributed by atoms with van der Waals surface area (Å²) in [7, 11) is 0. The minimum absolute atomic E-state index is 0.175. The molecule has 5 rings (SSSR count). The van der Waals surface area contributed by atoms with Gasteiger partial charge in [0.1, 0.15) is 16.8 Å². The van der Waals surface area contributed by atoms with Gasteiger partial charge in [-0.25, -0.2) is 0 Å². The second-order valence-corrected chi connectivity index (χ2v) is 8.75. The standard InChI is InChI=1S/C24H20N4O5S/c1-2-3-12-33-15-10-8-14(9-11-15)21-25-24-28(26-21)23(32)20(34-24)19-16-6-4-5-7-17(16)27(22(19)31)13-18(29)30/h4-11H,2-3,12-13H2,1H3,(H,29,30)/b20-19-. The Bertz CT molecular complexity index is 1520. The number of ether oxygens (including phenoxy) is 1. The first kappa shape index (κ1) is 21.8. The molecule has 0 atom stereocenters. The Morgan fingerprint density at radius 2 is 1.88 bits per heavy atom. The first-order chi connectivity index (χ1) is 16.5. The predicted molar refractivity (Wildman–Crippen MR) is 127 cm³/mol. The van der Waals surface area contributed by atoms with Crippen LogP contribution < -0.4 is 19.7 Å². The van der Waals surface area contributed by atoms with Crippen molar-refractivity contribution in [1.82, 2.24) is 14.6 Å². The van der Waals surface area contributed by atoms with Crippen molar-refractivity contribution in [3.8, 4) is 17.1 Å². The number of hydrogen-bond donors (Lipinski definition) is 1. The number of rotatable bonds is 7. The van der Waals surface area contributed by atoms with Crippen molar-refractivity contribution in [1.29, 1.82) is 0 Å². The summed E-state index contributed by atoms with van der Waals surface area (Å²) in [5.74, 6) is -0.513. The SMILES string of the molecule is CCCCOc1ccc(-c2nc3s/c(=C4\C(=O)N(CC(=O)O)c5ccccc54)c(=O)n3n2)cc1. The average molecular weight is 477 g/mol. The van der Waals surface area contributed by atoms with Gasteiger partial charge >= 0.3 is 5.97 Å². The number of carboxylic acid groups (broad SMARTS) is 1. The smallest absolute Gasteiger partial charge is 0.323 e. The monoisotopic (exact) mass is 476 g/mol. The van der Waals surface area contributed by atoms with E-state index in [1.807, 2.05) is 24.3 Å². The first-order valence-corrected chi connectivity index (χ1v) is 11.6. The lowest BCUT2D eigenvalue weighted by molar-refractivity contribution is -0.136. The third kappa shape index (κ3) is 3.71. The number of amides is 1. The fourth-order valence-corrected chi connectivity index (χ4v) is 4.83. The van der Waals surface area contributed by atoms with Gasteiger partial charge in [-0.05, 0) is 36.8 Å². The van der Waals surface area contributed by atoms with Crippen LogP contribution in [0, 0.1) is 0 Å². The van der Waals surface area contributed by atoms with Gasteiger partial charge in [-0.2, -0.15) is 9.50 Å². The highest BCUT2D eigenvalue weighted by atomic mass is 32.1. The molecule has 0 fully saturated rings. The van der Waals surface area contributed by atoms with Crippen molar-refractivity contribution in [2.24, 2.45) is 0 Å². The van der Waals surface area contributed by atoms with Crippen LogP contribution in [0.5, 0.6) is 5.75 Å². The molecular formula is C24H20N4O5S. The Morgan fingerprint density at radius 1 is 1.12 bits per heavy atom. The molecule has 3 heterocycles. The minimum atomic E-state index is -1.14.